The molecular weight excluding hydrogens is 294 g/mol. The Morgan fingerprint density at radius 3 is 2.35 bits per heavy atom. The summed E-state index contributed by atoms with van der Waals surface area (Å²) in [6.07, 6.45) is 0.617. The molecule has 0 heterocycles. The van der Waals surface area contributed by atoms with Crippen LogP contribution < -0.4 is 0 Å². The summed E-state index contributed by atoms with van der Waals surface area (Å²) >= 11 is 0. The predicted molar refractivity (Wildman–Crippen MR) is 87.7 cm³/mol. The van der Waals surface area contributed by atoms with Crippen molar-refractivity contribution in [1.29, 1.82) is 5.26 Å². The van der Waals surface area contributed by atoms with Crippen molar-refractivity contribution in [2.24, 2.45) is 0 Å². The van der Waals surface area contributed by atoms with Crippen LogP contribution in [0.1, 0.15) is 32.3 Å². The van der Waals surface area contributed by atoms with Gasteiger partial charge in [-0.2, -0.15) is 5.26 Å². The van der Waals surface area contributed by atoms with E-state index in [0.717, 1.165) is 12.0 Å². The maximum Gasteiger partial charge on any atom is 0.162 e. The molecule has 0 aromatic heterocycles. The molecule has 23 heavy (non-hydrogen) atoms. The average molecular weight is 321 g/mol. The van der Waals surface area contributed by atoms with Gasteiger partial charge in [-0.05, 0) is 32.3 Å². The smallest absolute Gasteiger partial charge is 0.162 e. The van der Waals surface area contributed by atoms with Crippen molar-refractivity contribution >= 4 is 0 Å². The van der Waals surface area contributed by atoms with Gasteiger partial charge in [-0.25, -0.2) is 0 Å². The first-order valence-corrected chi connectivity index (χ1v) is 7.89. The highest BCUT2D eigenvalue weighted by atomic mass is 16.7. The zero-order valence-electron chi connectivity index (χ0n) is 14.5. The van der Waals surface area contributed by atoms with Gasteiger partial charge in [-0.15, -0.1) is 0 Å². The van der Waals surface area contributed by atoms with Gasteiger partial charge in [-0.3, -0.25) is 0 Å². The second-order valence-electron chi connectivity index (χ2n) is 5.34. The molecule has 1 aromatic rings. The third-order valence-corrected chi connectivity index (χ3v) is 3.68. The minimum absolute atomic E-state index is 0.320. The fraction of sp³-hybridized carbons (Fsp3) is 0.611. The van der Waals surface area contributed by atoms with Crippen LogP contribution in [0.4, 0.5) is 0 Å². The van der Waals surface area contributed by atoms with E-state index in [9.17, 15) is 5.26 Å². The summed E-state index contributed by atoms with van der Waals surface area (Å²) in [5.41, 5.74) is 0.132. The van der Waals surface area contributed by atoms with Crippen LogP contribution in [0.15, 0.2) is 30.3 Å². The second kappa shape index (κ2) is 10.3. The molecule has 0 bridgehead atoms. The SMILES string of the molecule is CCOC(C)OC(C#N)(CCc1ccccc1)CC(OC)OC. The van der Waals surface area contributed by atoms with E-state index in [1.165, 1.54) is 0 Å². The standard InChI is InChI=1S/C18H27NO4/c1-5-22-15(2)23-18(14-19,13-17(20-3)21-4)12-11-16-9-7-6-8-10-16/h6-10,15,17H,5,11-13H2,1-4H3. The van der Waals surface area contributed by atoms with Crippen LogP contribution in [0, 0.1) is 11.3 Å². The molecule has 1 aromatic carbocycles. The number of benzene rings is 1. The van der Waals surface area contributed by atoms with Gasteiger partial charge in [0.15, 0.2) is 18.2 Å². The van der Waals surface area contributed by atoms with Gasteiger partial charge in [0.2, 0.25) is 0 Å². The highest BCUT2D eigenvalue weighted by Gasteiger charge is 2.36. The molecule has 0 saturated heterocycles. The maximum atomic E-state index is 9.77. The Labute approximate surface area is 139 Å². The number of methoxy groups -OCH3 is 2. The summed E-state index contributed by atoms with van der Waals surface area (Å²) in [5, 5.41) is 9.77. The lowest BCUT2D eigenvalue weighted by Crippen LogP contribution is -2.40. The normalized spacial score (nSPS) is 15.1. The zero-order chi connectivity index (χ0) is 17.1. The van der Waals surface area contributed by atoms with Crippen LogP contribution in [0.2, 0.25) is 0 Å². The van der Waals surface area contributed by atoms with Crippen molar-refractivity contribution in [3.63, 3.8) is 0 Å². The van der Waals surface area contributed by atoms with E-state index in [-0.39, 0.29) is 0 Å². The summed E-state index contributed by atoms with van der Waals surface area (Å²) in [5.74, 6) is 0. The number of nitriles is 1. The Morgan fingerprint density at radius 2 is 1.83 bits per heavy atom. The third kappa shape index (κ3) is 6.67. The van der Waals surface area contributed by atoms with Gasteiger partial charge in [0, 0.05) is 27.2 Å². The molecule has 1 rings (SSSR count). The first kappa shape index (κ1) is 19.6. The van der Waals surface area contributed by atoms with Crippen LogP contribution in [-0.2, 0) is 25.4 Å². The Balaban J connectivity index is 2.85. The highest BCUT2D eigenvalue weighted by Crippen LogP contribution is 2.27. The molecule has 0 aliphatic heterocycles. The monoisotopic (exact) mass is 321 g/mol. The molecular formula is C18H27NO4. The highest BCUT2D eigenvalue weighted by molar-refractivity contribution is 5.16. The molecule has 0 radical (unpaired) electrons. The van der Waals surface area contributed by atoms with E-state index < -0.39 is 18.2 Å². The van der Waals surface area contributed by atoms with Crippen LogP contribution in [0.25, 0.3) is 0 Å². The Kier molecular flexibility index (Phi) is 8.82. The van der Waals surface area contributed by atoms with Crippen molar-refractivity contribution in [2.75, 3.05) is 20.8 Å². The molecule has 0 fully saturated rings. The molecule has 5 heteroatoms. The van der Waals surface area contributed by atoms with Crippen LogP contribution in [0.3, 0.4) is 0 Å². The first-order valence-electron chi connectivity index (χ1n) is 7.89. The topological polar surface area (TPSA) is 60.7 Å². The number of hydrogen-bond donors (Lipinski definition) is 0. The van der Waals surface area contributed by atoms with Crippen molar-refractivity contribution in [2.45, 2.75) is 51.3 Å². The number of rotatable bonds is 11. The largest absolute Gasteiger partial charge is 0.356 e. The summed E-state index contributed by atoms with van der Waals surface area (Å²) in [6, 6.07) is 12.3. The first-order chi connectivity index (χ1) is 11.1. The van der Waals surface area contributed by atoms with Crippen molar-refractivity contribution in [3.05, 3.63) is 35.9 Å². The Hall–Kier alpha value is -1.45. The van der Waals surface area contributed by atoms with Crippen LogP contribution in [0.5, 0.6) is 0 Å². The van der Waals surface area contributed by atoms with Gasteiger partial charge < -0.3 is 18.9 Å². The molecule has 128 valence electrons. The molecule has 0 amide bonds. The summed E-state index contributed by atoms with van der Waals surface area (Å²) in [6.45, 7) is 4.22. The van der Waals surface area contributed by atoms with E-state index in [0.29, 0.717) is 19.4 Å². The van der Waals surface area contributed by atoms with Crippen molar-refractivity contribution in [1.82, 2.24) is 0 Å². The van der Waals surface area contributed by atoms with Gasteiger partial charge in [0.1, 0.15) is 0 Å². The average Bonchev–Trinajstić information content (AvgIpc) is 2.58. The minimum atomic E-state index is -1.03. The lowest BCUT2D eigenvalue weighted by atomic mass is 9.92. The maximum absolute atomic E-state index is 9.77. The van der Waals surface area contributed by atoms with E-state index in [4.69, 9.17) is 18.9 Å². The lowest BCUT2D eigenvalue weighted by molar-refractivity contribution is -0.211. The van der Waals surface area contributed by atoms with Crippen LogP contribution >= 0.6 is 0 Å². The predicted octanol–water partition coefficient (Wildman–Crippen LogP) is 3.29. The molecule has 2 unspecified atom stereocenters. The third-order valence-electron chi connectivity index (χ3n) is 3.68. The van der Waals surface area contributed by atoms with Gasteiger partial charge in [-0.1, -0.05) is 30.3 Å². The molecule has 5 nitrogen and oxygen atoms in total. The van der Waals surface area contributed by atoms with Crippen LogP contribution in [-0.4, -0.2) is 39.0 Å². The second-order valence-corrected chi connectivity index (χ2v) is 5.34. The summed E-state index contributed by atoms with van der Waals surface area (Å²) in [7, 11) is 3.11. The Bertz CT molecular complexity index is 470. The van der Waals surface area contributed by atoms with Gasteiger partial charge >= 0.3 is 0 Å². The molecule has 0 saturated carbocycles. The quantitative estimate of drug-likeness (QED) is 0.585. The number of ether oxygens (including phenoxy) is 4. The molecule has 0 aliphatic rings. The van der Waals surface area contributed by atoms with E-state index >= 15 is 0 Å². The number of hydrogen-bond acceptors (Lipinski definition) is 5. The van der Waals surface area contributed by atoms with Crippen molar-refractivity contribution < 1.29 is 18.9 Å². The Morgan fingerprint density at radius 1 is 1.17 bits per heavy atom. The molecule has 0 spiro atoms. The van der Waals surface area contributed by atoms with Crippen molar-refractivity contribution in [3.8, 4) is 6.07 Å². The fourth-order valence-corrected chi connectivity index (χ4v) is 2.45. The summed E-state index contributed by atoms with van der Waals surface area (Å²) in [4.78, 5) is 0. The number of nitrogens with zero attached hydrogens (tertiary/aromatic N) is 1. The summed E-state index contributed by atoms with van der Waals surface area (Å²) < 4.78 is 21.9. The fourth-order valence-electron chi connectivity index (χ4n) is 2.45. The molecule has 0 aliphatic carbocycles. The minimum Gasteiger partial charge on any atom is -0.356 e. The van der Waals surface area contributed by atoms with Gasteiger partial charge in [0.25, 0.3) is 0 Å². The lowest BCUT2D eigenvalue weighted by Gasteiger charge is -2.32. The zero-order valence-corrected chi connectivity index (χ0v) is 14.5. The van der Waals surface area contributed by atoms with Gasteiger partial charge in [0.05, 0.1) is 6.07 Å². The van der Waals surface area contributed by atoms with E-state index in [2.05, 4.69) is 6.07 Å². The molecule has 0 N–H and O–H groups in total. The number of aryl methyl sites for hydroxylation is 1. The van der Waals surface area contributed by atoms with E-state index in [1.807, 2.05) is 37.3 Å². The van der Waals surface area contributed by atoms with E-state index in [1.54, 1.807) is 21.1 Å². The molecule has 2 atom stereocenters.